The van der Waals surface area contributed by atoms with Gasteiger partial charge < -0.3 is 4.57 Å². The summed E-state index contributed by atoms with van der Waals surface area (Å²) in [6, 6.07) is 3.83. The molecule has 0 unspecified atom stereocenters. The Kier molecular flexibility index (Phi) is 4.09. The van der Waals surface area contributed by atoms with Crippen LogP contribution in [0.3, 0.4) is 0 Å². The Hall–Kier alpha value is -1.42. The molecule has 0 N–H and O–H groups in total. The maximum absolute atomic E-state index is 12.1. The number of ketones is 1. The first kappa shape index (κ1) is 12.0. The van der Waals surface area contributed by atoms with E-state index >= 15 is 0 Å². The molecule has 3 nitrogen and oxygen atoms in total. The van der Waals surface area contributed by atoms with Crippen molar-refractivity contribution in [3.8, 4) is 0 Å². The van der Waals surface area contributed by atoms with Gasteiger partial charge in [0.2, 0.25) is 0 Å². The SMILES string of the molecule is CCCCn1cccc1C(=O)Cc1nccs1. The molecule has 2 rings (SSSR count). The molecule has 90 valence electrons. The van der Waals surface area contributed by atoms with Gasteiger partial charge in [-0.3, -0.25) is 4.79 Å². The number of aryl methyl sites for hydroxylation is 1. The average molecular weight is 248 g/mol. The van der Waals surface area contributed by atoms with Crippen molar-refractivity contribution < 1.29 is 4.79 Å². The molecule has 2 heterocycles. The summed E-state index contributed by atoms with van der Waals surface area (Å²) in [5.41, 5.74) is 0.800. The highest BCUT2D eigenvalue weighted by atomic mass is 32.1. The quantitative estimate of drug-likeness (QED) is 0.736. The zero-order chi connectivity index (χ0) is 12.1. The second-order valence-corrected chi connectivity index (χ2v) is 4.95. The molecule has 0 fully saturated rings. The molecule has 0 aliphatic carbocycles. The fourth-order valence-corrected chi connectivity index (χ4v) is 2.37. The Bertz CT molecular complexity index is 473. The van der Waals surface area contributed by atoms with Gasteiger partial charge in [0.25, 0.3) is 0 Å². The highest BCUT2D eigenvalue weighted by Gasteiger charge is 2.12. The fourth-order valence-electron chi connectivity index (χ4n) is 1.76. The monoisotopic (exact) mass is 248 g/mol. The van der Waals surface area contributed by atoms with Gasteiger partial charge in [-0.2, -0.15) is 0 Å². The molecular weight excluding hydrogens is 232 g/mol. The number of carbonyl (C=O) groups is 1. The van der Waals surface area contributed by atoms with Gasteiger partial charge in [-0.25, -0.2) is 4.98 Å². The van der Waals surface area contributed by atoms with E-state index < -0.39 is 0 Å². The number of Topliss-reactive ketones (excluding diaryl/α,β-unsaturated/α-hetero) is 1. The normalized spacial score (nSPS) is 10.6. The van der Waals surface area contributed by atoms with Gasteiger partial charge in [0.05, 0.1) is 12.1 Å². The third-order valence-electron chi connectivity index (χ3n) is 2.66. The molecule has 2 aromatic rings. The van der Waals surface area contributed by atoms with Crippen LogP contribution in [0.5, 0.6) is 0 Å². The average Bonchev–Trinajstić information content (AvgIpc) is 2.96. The summed E-state index contributed by atoms with van der Waals surface area (Å²) >= 11 is 1.53. The van der Waals surface area contributed by atoms with Crippen LogP contribution >= 0.6 is 11.3 Å². The second-order valence-electron chi connectivity index (χ2n) is 3.97. The van der Waals surface area contributed by atoms with Gasteiger partial charge in [0, 0.05) is 24.3 Å². The summed E-state index contributed by atoms with van der Waals surface area (Å²) in [6.45, 7) is 3.07. The van der Waals surface area contributed by atoms with Crippen molar-refractivity contribution in [3.05, 3.63) is 40.6 Å². The predicted octanol–water partition coefficient (Wildman–Crippen LogP) is 3.17. The predicted molar refractivity (Wildman–Crippen MR) is 69.5 cm³/mol. The van der Waals surface area contributed by atoms with Crippen molar-refractivity contribution in [1.29, 1.82) is 0 Å². The number of nitrogens with zero attached hydrogens (tertiary/aromatic N) is 2. The first-order chi connectivity index (χ1) is 8.31. The summed E-state index contributed by atoms with van der Waals surface area (Å²) in [5.74, 6) is 0.154. The first-order valence-corrected chi connectivity index (χ1v) is 6.76. The molecule has 0 atom stereocenters. The number of rotatable bonds is 6. The minimum absolute atomic E-state index is 0.154. The largest absolute Gasteiger partial charge is 0.345 e. The Morgan fingerprint density at radius 1 is 1.53 bits per heavy atom. The van der Waals surface area contributed by atoms with E-state index in [1.165, 1.54) is 11.3 Å². The lowest BCUT2D eigenvalue weighted by atomic mass is 10.2. The molecule has 0 saturated carbocycles. The van der Waals surface area contributed by atoms with Crippen LogP contribution in [0, 0.1) is 0 Å². The van der Waals surface area contributed by atoms with Crippen LogP contribution in [0.4, 0.5) is 0 Å². The summed E-state index contributed by atoms with van der Waals surface area (Å²) in [6.07, 6.45) is 6.37. The minimum Gasteiger partial charge on any atom is -0.345 e. The lowest BCUT2D eigenvalue weighted by Crippen LogP contribution is -2.11. The van der Waals surface area contributed by atoms with E-state index in [2.05, 4.69) is 11.9 Å². The fraction of sp³-hybridized carbons (Fsp3) is 0.385. The van der Waals surface area contributed by atoms with Crippen molar-refractivity contribution in [2.75, 3.05) is 0 Å². The topological polar surface area (TPSA) is 34.9 Å². The van der Waals surface area contributed by atoms with Crippen LogP contribution in [-0.4, -0.2) is 15.3 Å². The van der Waals surface area contributed by atoms with Crippen molar-refractivity contribution in [1.82, 2.24) is 9.55 Å². The van der Waals surface area contributed by atoms with Crippen molar-refractivity contribution in [2.24, 2.45) is 0 Å². The summed E-state index contributed by atoms with van der Waals surface area (Å²) in [4.78, 5) is 16.2. The van der Waals surface area contributed by atoms with Gasteiger partial charge in [0.15, 0.2) is 5.78 Å². The highest BCUT2D eigenvalue weighted by Crippen LogP contribution is 2.11. The molecule has 0 amide bonds. The van der Waals surface area contributed by atoms with Gasteiger partial charge >= 0.3 is 0 Å². The van der Waals surface area contributed by atoms with Crippen molar-refractivity contribution >= 4 is 17.1 Å². The van der Waals surface area contributed by atoms with Gasteiger partial charge in [0.1, 0.15) is 5.01 Å². The Labute approximate surface area is 105 Å². The molecule has 0 saturated heterocycles. The van der Waals surface area contributed by atoms with E-state index in [0.717, 1.165) is 30.1 Å². The highest BCUT2D eigenvalue weighted by molar-refractivity contribution is 7.09. The number of hydrogen-bond acceptors (Lipinski definition) is 3. The molecular formula is C13H16N2OS. The van der Waals surface area contributed by atoms with Crippen LogP contribution in [0.15, 0.2) is 29.9 Å². The summed E-state index contributed by atoms with van der Waals surface area (Å²) < 4.78 is 2.04. The third kappa shape index (κ3) is 3.03. The van der Waals surface area contributed by atoms with Gasteiger partial charge in [-0.15, -0.1) is 11.3 Å². The van der Waals surface area contributed by atoms with E-state index in [0.29, 0.717) is 6.42 Å². The van der Waals surface area contributed by atoms with Crippen LogP contribution < -0.4 is 0 Å². The number of aromatic nitrogens is 2. The molecule has 0 spiro atoms. The van der Waals surface area contributed by atoms with Crippen LogP contribution in [0.2, 0.25) is 0 Å². The van der Waals surface area contributed by atoms with E-state index in [4.69, 9.17) is 0 Å². The van der Waals surface area contributed by atoms with Gasteiger partial charge in [-0.1, -0.05) is 13.3 Å². The lowest BCUT2D eigenvalue weighted by molar-refractivity contribution is 0.0984. The molecule has 0 bridgehead atoms. The molecule has 0 aromatic carbocycles. The summed E-state index contributed by atoms with van der Waals surface area (Å²) in [7, 11) is 0. The van der Waals surface area contributed by atoms with Gasteiger partial charge in [-0.05, 0) is 18.6 Å². The number of carbonyl (C=O) groups excluding carboxylic acids is 1. The molecule has 0 radical (unpaired) electrons. The lowest BCUT2D eigenvalue weighted by Gasteiger charge is -2.06. The van der Waals surface area contributed by atoms with Crippen molar-refractivity contribution in [3.63, 3.8) is 0 Å². The molecule has 17 heavy (non-hydrogen) atoms. The van der Waals surface area contributed by atoms with E-state index in [-0.39, 0.29) is 5.78 Å². The van der Waals surface area contributed by atoms with Crippen molar-refractivity contribution in [2.45, 2.75) is 32.7 Å². The maximum Gasteiger partial charge on any atom is 0.185 e. The number of unbranched alkanes of at least 4 members (excludes halogenated alkanes) is 1. The minimum atomic E-state index is 0.154. The van der Waals surface area contributed by atoms with E-state index in [1.54, 1.807) is 6.20 Å². The van der Waals surface area contributed by atoms with Crippen LogP contribution in [-0.2, 0) is 13.0 Å². The Balaban J connectivity index is 2.06. The Morgan fingerprint density at radius 3 is 3.12 bits per heavy atom. The second kappa shape index (κ2) is 5.77. The molecule has 0 aliphatic heterocycles. The van der Waals surface area contributed by atoms with E-state index in [9.17, 15) is 4.79 Å². The molecule has 4 heteroatoms. The maximum atomic E-state index is 12.1. The molecule has 2 aromatic heterocycles. The zero-order valence-electron chi connectivity index (χ0n) is 9.93. The smallest absolute Gasteiger partial charge is 0.185 e. The van der Waals surface area contributed by atoms with Crippen LogP contribution in [0.1, 0.15) is 35.3 Å². The zero-order valence-corrected chi connectivity index (χ0v) is 10.7. The third-order valence-corrected chi connectivity index (χ3v) is 3.44. The number of thiazole rings is 1. The molecule has 0 aliphatic rings. The summed E-state index contributed by atoms with van der Waals surface area (Å²) in [5, 5.41) is 2.79. The first-order valence-electron chi connectivity index (χ1n) is 5.88. The van der Waals surface area contributed by atoms with E-state index in [1.807, 2.05) is 28.3 Å². The van der Waals surface area contributed by atoms with Crippen LogP contribution in [0.25, 0.3) is 0 Å². The number of hydrogen-bond donors (Lipinski definition) is 0. The Morgan fingerprint density at radius 2 is 2.41 bits per heavy atom. The standard InChI is InChI=1S/C13H16N2OS/c1-2-3-7-15-8-4-5-11(15)12(16)10-13-14-6-9-17-13/h4-6,8-9H,2-3,7,10H2,1H3.